The Hall–Kier alpha value is -3.39. The molecule has 2 aliphatic carbocycles. The first kappa shape index (κ1) is 54.5. The summed E-state index contributed by atoms with van der Waals surface area (Å²) in [6.07, 6.45) is 19.9. The Balaban J connectivity index is 1.62. The molecule has 3 N–H and O–H groups in total. The predicted molar refractivity (Wildman–Crippen MR) is 270 cm³/mol. The normalized spacial score (nSPS) is 22.6. The lowest BCUT2D eigenvalue weighted by Gasteiger charge is -2.60. The maximum Gasteiger partial charge on any atom is 0.239 e. The van der Waals surface area contributed by atoms with Gasteiger partial charge in [0.05, 0.1) is 44.7 Å². The van der Waals surface area contributed by atoms with Crippen molar-refractivity contribution < 1.29 is 43.9 Å². The van der Waals surface area contributed by atoms with E-state index in [0.29, 0.717) is 38.0 Å². The van der Waals surface area contributed by atoms with Gasteiger partial charge in [0.2, 0.25) is 11.7 Å². The summed E-state index contributed by atoms with van der Waals surface area (Å²) in [6, 6.07) is 15.8. The third-order valence-corrected chi connectivity index (χ3v) is 14.3. The van der Waals surface area contributed by atoms with Gasteiger partial charge < -0.3 is 44.0 Å². The maximum absolute atomic E-state index is 15.0. The molecule has 2 aromatic carbocycles. The average molecular weight is 949 g/mol. The van der Waals surface area contributed by atoms with Crippen molar-refractivity contribution in [1.82, 2.24) is 4.90 Å². The minimum atomic E-state index is -1.36. The number of aliphatic hydroxyl groups excluding tert-OH is 3. The van der Waals surface area contributed by atoms with Crippen LogP contribution >= 0.6 is 11.8 Å². The van der Waals surface area contributed by atoms with Crippen LogP contribution < -0.4 is 9.47 Å². The van der Waals surface area contributed by atoms with E-state index in [0.717, 1.165) is 73.3 Å². The molecule has 6 unspecified atom stereocenters. The van der Waals surface area contributed by atoms with Crippen LogP contribution in [0.3, 0.4) is 0 Å². The number of thioether (sulfide) groups is 1. The van der Waals surface area contributed by atoms with Crippen LogP contribution in [0.4, 0.5) is 0 Å². The van der Waals surface area contributed by atoms with Gasteiger partial charge in [0.25, 0.3) is 0 Å². The number of benzene rings is 2. The minimum absolute atomic E-state index is 0.00546. The number of rotatable bonds is 33. The van der Waals surface area contributed by atoms with Crippen LogP contribution in [0, 0.1) is 17.8 Å². The molecule has 0 spiro atoms. The predicted octanol–water partition coefficient (Wildman–Crippen LogP) is 11.0. The second kappa shape index (κ2) is 28.9. The van der Waals surface area contributed by atoms with Gasteiger partial charge in [-0.15, -0.1) is 18.3 Å². The highest BCUT2D eigenvalue weighted by atomic mass is 32.2. The van der Waals surface area contributed by atoms with E-state index in [4.69, 9.17) is 28.9 Å². The van der Waals surface area contributed by atoms with Crippen molar-refractivity contribution in [3.63, 3.8) is 0 Å². The zero-order chi connectivity index (χ0) is 47.9. The van der Waals surface area contributed by atoms with Gasteiger partial charge in [-0.25, -0.2) is 0 Å². The standard InChI is InChI=1S/C55H84N2O9S/c1-6-8-9-10-11-12-13-14-18-27-51(61)57(30-35-62-36-33-60)50-41-48(56-66-54(3,4)5)46-39-42(23-19-21-31-58)45(26-20-22-32-59)52-47-40-43(63-37-38-67-44-24-16-15-17-25-44)28-29-49(47)65-55(50,53(46)52)64-34-7-2/h7,15-17,24-25,28-29,39-40,42,45,50,52-53,58-60H,2,6,8-14,18-23,26-27,30-38,41H2,1,3-5H3. The molecule has 1 fully saturated rings. The molecule has 6 atom stereocenters. The van der Waals surface area contributed by atoms with Crippen molar-refractivity contribution in [1.29, 1.82) is 0 Å². The van der Waals surface area contributed by atoms with Gasteiger partial charge in [-0.3, -0.25) is 4.79 Å². The number of hydrogen-bond donors (Lipinski definition) is 3. The Morgan fingerprint density at radius 3 is 2.30 bits per heavy atom. The highest BCUT2D eigenvalue weighted by Crippen LogP contribution is 2.62. The first-order chi connectivity index (χ1) is 32.6. The molecule has 5 rings (SSSR count). The third kappa shape index (κ3) is 16.1. The van der Waals surface area contributed by atoms with Crippen LogP contribution in [-0.4, -0.2) is 108 Å². The molecule has 12 heteroatoms. The maximum atomic E-state index is 15.0. The lowest BCUT2D eigenvalue weighted by Crippen LogP contribution is -2.70. The van der Waals surface area contributed by atoms with E-state index in [2.05, 4.69) is 37.8 Å². The highest BCUT2D eigenvalue weighted by molar-refractivity contribution is 7.99. The number of carbonyl (C=O) groups is 1. The molecule has 0 aromatic heterocycles. The molecule has 374 valence electrons. The number of carbonyl (C=O) groups excluding carboxylic acids is 1. The molecule has 11 nitrogen and oxygen atoms in total. The Kier molecular flexibility index (Phi) is 23.6. The van der Waals surface area contributed by atoms with Gasteiger partial charge in [0.1, 0.15) is 23.1 Å². The highest BCUT2D eigenvalue weighted by Gasteiger charge is 2.65. The summed E-state index contributed by atoms with van der Waals surface area (Å²) in [7, 11) is 0. The summed E-state index contributed by atoms with van der Waals surface area (Å²) >= 11 is 1.76. The van der Waals surface area contributed by atoms with Gasteiger partial charge in [-0.05, 0) is 101 Å². The minimum Gasteiger partial charge on any atom is -0.493 e. The Morgan fingerprint density at radius 1 is 0.896 bits per heavy atom. The summed E-state index contributed by atoms with van der Waals surface area (Å²) in [5.74, 6) is 0.521. The van der Waals surface area contributed by atoms with Crippen LogP contribution in [0.5, 0.6) is 11.5 Å². The smallest absolute Gasteiger partial charge is 0.239 e. The van der Waals surface area contributed by atoms with Crippen LogP contribution in [0.2, 0.25) is 0 Å². The Morgan fingerprint density at radius 2 is 1.61 bits per heavy atom. The zero-order valence-electron chi connectivity index (χ0n) is 41.3. The van der Waals surface area contributed by atoms with Crippen LogP contribution in [-0.2, 0) is 19.1 Å². The first-order valence-corrected chi connectivity index (χ1v) is 26.6. The van der Waals surface area contributed by atoms with Crippen molar-refractivity contribution in [3.8, 4) is 11.5 Å². The van der Waals surface area contributed by atoms with Gasteiger partial charge in [-0.2, -0.15) is 0 Å². The number of ether oxygens (including phenoxy) is 4. The summed E-state index contributed by atoms with van der Waals surface area (Å²) in [4.78, 5) is 24.4. The second-order valence-corrected chi connectivity index (χ2v) is 20.7. The monoisotopic (exact) mass is 949 g/mol. The van der Waals surface area contributed by atoms with Gasteiger partial charge in [-0.1, -0.05) is 107 Å². The first-order valence-electron chi connectivity index (χ1n) is 25.7. The molecule has 1 saturated carbocycles. The van der Waals surface area contributed by atoms with E-state index >= 15 is 0 Å². The van der Waals surface area contributed by atoms with Crippen molar-refractivity contribution in [2.24, 2.45) is 22.9 Å². The van der Waals surface area contributed by atoms with Crippen molar-refractivity contribution >= 4 is 23.4 Å². The topological polar surface area (TPSA) is 140 Å². The SMILES string of the molecule is C=CCOC12Oc3ccc(OCCSc4ccccc4)cc3C3C(CCCCO)C(CCCCO)C=C(C(=NOC(C)(C)C)CC1N(CCOCCO)C(=O)CCCCCCCCCCC)C32. The summed E-state index contributed by atoms with van der Waals surface area (Å²) in [5, 5.41) is 34.7. The van der Waals surface area contributed by atoms with Crippen molar-refractivity contribution in [3.05, 3.63) is 78.4 Å². The number of allylic oxidation sites excluding steroid dienone is 1. The number of amides is 1. The molecule has 2 aromatic rings. The zero-order valence-corrected chi connectivity index (χ0v) is 42.2. The fourth-order valence-electron chi connectivity index (χ4n) is 10.3. The molecular formula is C55H84N2O9S. The molecule has 3 aliphatic rings. The van der Waals surface area contributed by atoms with Gasteiger partial charge in [0, 0.05) is 54.7 Å². The fourth-order valence-corrected chi connectivity index (χ4v) is 11.0. The van der Waals surface area contributed by atoms with Crippen LogP contribution in [0.25, 0.3) is 0 Å². The van der Waals surface area contributed by atoms with Crippen molar-refractivity contribution in [2.75, 3.05) is 58.5 Å². The lowest BCUT2D eigenvalue weighted by molar-refractivity contribution is -0.258. The van der Waals surface area contributed by atoms with E-state index in [1.165, 1.54) is 43.4 Å². The van der Waals surface area contributed by atoms with Gasteiger partial charge in [0.15, 0.2) is 0 Å². The van der Waals surface area contributed by atoms with Crippen LogP contribution in [0.15, 0.2) is 82.9 Å². The second-order valence-electron chi connectivity index (χ2n) is 19.5. The van der Waals surface area contributed by atoms with Crippen molar-refractivity contribution in [2.45, 2.75) is 165 Å². The largest absolute Gasteiger partial charge is 0.493 e. The molecule has 1 heterocycles. The quantitative estimate of drug-likeness (QED) is 0.0274. The van der Waals surface area contributed by atoms with E-state index in [1.54, 1.807) is 17.8 Å². The number of nitrogens with zero attached hydrogens (tertiary/aromatic N) is 2. The van der Waals surface area contributed by atoms with Gasteiger partial charge >= 0.3 is 0 Å². The Labute approximate surface area is 407 Å². The lowest BCUT2D eigenvalue weighted by atomic mass is 9.55. The van der Waals surface area contributed by atoms with E-state index < -0.39 is 23.3 Å². The third-order valence-electron chi connectivity index (χ3n) is 13.3. The summed E-state index contributed by atoms with van der Waals surface area (Å²) in [6.45, 7) is 13.8. The summed E-state index contributed by atoms with van der Waals surface area (Å²) < 4.78 is 27.0. The molecule has 0 radical (unpaired) electrons. The molecule has 1 aliphatic heterocycles. The van der Waals surface area contributed by atoms with Crippen LogP contribution in [0.1, 0.15) is 148 Å². The molecular weight excluding hydrogens is 865 g/mol. The number of fused-ring (bicyclic) bond motifs is 2. The Bertz CT molecular complexity index is 1820. The van der Waals surface area contributed by atoms with E-state index in [-0.39, 0.29) is 69.8 Å². The van der Waals surface area contributed by atoms with E-state index in [1.807, 2.05) is 56.0 Å². The number of unbranched alkanes of at least 4 members (excludes halogenated alkanes) is 10. The number of aliphatic hydroxyl groups is 3. The molecule has 1 amide bonds. The summed E-state index contributed by atoms with van der Waals surface area (Å²) in [5.41, 5.74) is 2.21. The molecule has 67 heavy (non-hydrogen) atoms. The van der Waals surface area contributed by atoms with E-state index in [9.17, 15) is 20.1 Å². The molecule has 0 bridgehead atoms. The number of hydrogen-bond acceptors (Lipinski definition) is 11. The fraction of sp³-hybridized carbons (Fsp3) is 0.673. The molecule has 0 saturated heterocycles. The number of oxime groups is 1. The average Bonchev–Trinajstić information content (AvgIpc) is 3.32.